The van der Waals surface area contributed by atoms with Crippen LogP contribution in [-0.4, -0.2) is 37.7 Å². The molecule has 3 amide bonds. The molecule has 1 aromatic carbocycles. The second kappa shape index (κ2) is 9.48. The third-order valence-electron chi connectivity index (χ3n) is 5.02. The predicted molar refractivity (Wildman–Crippen MR) is 102 cm³/mol. The third kappa shape index (κ3) is 5.77. The van der Waals surface area contributed by atoms with E-state index in [0.717, 1.165) is 24.2 Å². The van der Waals surface area contributed by atoms with Crippen LogP contribution in [-0.2, 0) is 4.79 Å². The van der Waals surface area contributed by atoms with E-state index in [4.69, 9.17) is 9.47 Å². The highest BCUT2D eigenvalue weighted by molar-refractivity contribution is 5.78. The fraction of sp³-hybridized carbons (Fsp3) is 0.600. The summed E-state index contributed by atoms with van der Waals surface area (Å²) in [6.45, 7) is 3.33. The van der Waals surface area contributed by atoms with Gasteiger partial charge in [0.05, 0.1) is 6.04 Å². The second-order valence-corrected chi connectivity index (χ2v) is 7.18. The number of ether oxygens (including phenoxy) is 2. The van der Waals surface area contributed by atoms with Crippen LogP contribution in [0.4, 0.5) is 4.79 Å². The first-order chi connectivity index (χ1) is 13.1. The SMILES string of the molecule is C[C@H](NC(=O)CCNC(=O)NC1CCCCC1)c1ccc2c(c1)OCCO2. The van der Waals surface area contributed by atoms with Crippen LogP contribution in [0.15, 0.2) is 18.2 Å². The second-order valence-electron chi connectivity index (χ2n) is 7.18. The van der Waals surface area contributed by atoms with Gasteiger partial charge in [0.1, 0.15) is 13.2 Å². The number of fused-ring (bicyclic) bond motifs is 1. The van der Waals surface area contributed by atoms with Crippen molar-refractivity contribution in [1.82, 2.24) is 16.0 Å². The molecule has 27 heavy (non-hydrogen) atoms. The maximum absolute atomic E-state index is 12.1. The van der Waals surface area contributed by atoms with Crippen LogP contribution in [0.1, 0.15) is 57.1 Å². The predicted octanol–water partition coefficient (Wildman–Crippen LogP) is 2.66. The zero-order valence-electron chi connectivity index (χ0n) is 15.9. The van der Waals surface area contributed by atoms with Crippen molar-refractivity contribution >= 4 is 11.9 Å². The lowest BCUT2D eigenvalue weighted by molar-refractivity contribution is -0.121. The Hall–Kier alpha value is -2.44. The minimum absolute atomic E-state index is 0.102. The van der Waals surface area contributed by atoms with Crippen LogP contribution in [0.5, 0.6) is 11.5 Å². The summed E-state index contributed by atoms with van der Waals surface area (Å²) in [6, 6.07) is 5.62. The van der Waals surface area contributed by atoms with Gasteiger partial charge in [0.2, 0.25) is 5.91 Å². The van der Waals surface area contributed by atoms with Crippen molar-refractivity contribution in [3.8, 4) is 11.5 Å². The molecule has 0 radical (unpaired) electrons. The summed E-state index contributed by atoms with van der Waals surface area (Å²) in [4.78, 5) is 24.0. The van der Waals surface area contributed by atoms with E-state index in [1.807, 2.05) is 25.1 Å². The van der Waals surface area contributed by atoms with Crippen molar-refractivity contribution in [2.45, 2.75) is 57.5 Å². The Labute approximate surface area is 160 Å². The Morgan fingerprint density at radius 2 is 1.85 bits per heavy atom. The molecule has 0 aromatic heterocycles. The van der Waals surface area contributed by atoms with Gasteiger partial charge in [-0.3, -0.25) is 4.79 Å². The minimum Gasteiger partial charge on any atom is -0.486 e. The lowest BCUT2D eigenvalue weighted by atomic mass is 9.96. The normalized spacial score (nSPS) is 17.7. The molecule has 2 aliphatic rings. The van der Waals surface area contributed by atoms with Crippen molar-refractivity contribution in [2.75, 3.05) is 19.8 Å². The van der Waals surface area contributed by atoms with Gasteiger partial charge >= 0.3 is 6.03 Å². The molecular weight excluding hydrogens is 346 g/mol. The van der Waals surface area contributed by atoms with Crippen molar-refractivity contribution in [3.05, 3.63) is 23.8 Å². The molecule has 1 aliphatic carbocycles. The number of hydrogen-bond donors (Lipinski definition) is 3. The maximum atomic E-state index is 12.1. The van der Waals surface area contributed by atoms with Gasteiger partial charge in [0, 0.05) is 19.0 Å². The van der Waals surface area contributed by atoms with Crippen LogP contribution in [0.2, 0.25) is 0 Å². The highest BCUT2D eigenvalue weighted by Gasteiger charge is 2.17. The lowest BCUT2D eigenvalue weighted by Crippen LogP contribution is -2.43. The highest BCUT2D eigenvalue weighted by Crippen LogP contribution is 2.32. The van der Waals surface area contributed by atoms with Crippen LogP contribution >= 0.6 is 0 Å². The Kier molecular flexibility index (Phi) is 6.79. The van der Waals surface area contributed by atoms with E-state index >= 15 is 0 Å². The Morgan fingerprint density at radius 1 is 1.11 bits per heavy atom. The first-order valence-electron chi connectivity index (χ1n) is 9.85. The summed E-state index contributed by atoms with van der Waals surface area (Å²) in [5.41, 5.74) is 0.954. The van der Waals surface area contributed by atoms with Gasteiger partial charge in [-0.2, -0.15) is 0 Å². The number of carbonyl (C=O) groups excluding carboxylic acids is 2. The maximum Gasteiger partial charge on any atom is 0.315 e. The number of urea groups is 1. The Balaban J connectivity index is 1.37. The van der Waals surface area contributed by atoms with Crippen LogP contribution < -0.4 is 25.4 Å². The molecule has 148 valence electrons. The number of rotatable bonds is 6. The van der Waals surface area contributed by atoms with Crippen molar-refractivity contribution in [3.63, 3.8) is 0 Å². The standard InChI is InChI=1S/C20H29N3O4/c1-14(15-7-8-17-18(13-15)27-12-11-26-17)22-19(24)9-10-21-20(25)23-16-5-3-2-4-6-16/h7-8,13-14,16H,2-6,9-12H2,1H3,(H,22,24)(H2,21,23,25)/t14-/m0/s1. The van der Waals surface area contributed by atoms with E-state index in [0.29, 0.717) is 25.5 Å². The van der Waals surface area contributed by atoms with Crippen LogP contribution in [0.25, 0.3) is 0 Å². The first kappa shape index (κ1) is 19.3. The van der Waals surface area contributed by atoms with Crippen LogP contribution in [0, 0.1) is 0 Å². The molecule has 0 unspecified atom stereocenters. The van der Waals surface area contributed by atoms with E-state index in [9.17, 15) is 9.59 Å². The quantitative estimate of drug-likeness (QED) is 0.713. The molecule has 3 N–H and O–H groups in total. The average molecular weight is 375 g/mol. The van der Waals surface area contributed by atoms with E-state index in [-0.39, 0.29) is 30.4 Å². The molecule has 0 spiro atoms. The number of benzene rings is 1. The van der Waals surface area contributed by atoms with Gasteiger partial charge in [-0.25, -0.2) is 4.79 Å². The molecule has 3 rings (SSSR count). The monoisotopic (exact) mass is 375 g/mol. The zero-order chi connectivity index (χ0) is 19.1. The molecule has 7 heteroatoms. The first-order valence-corrected chi connectivity index (χ1v) is 9.85. The summed E-state index contributed by atoms with van der Waals surface area (Å²) in [6.07, 6.45) is 5.92. The fourth-order valence-electron chi connectivity index (χ4n) is 3.50. The van der Waals surface area contributed by atoms with Gasteiger partial charge in [-0.1, -0.05) is 25.3 Å². The molecule has 1 aliphatic heterocycles. The molecule has 1 saturated carbocycles. The summed E-state index contributed by atoms with van der Waals surface area (Å²) in [5, 5.41) is 8.70. The fourth-order valence-corrected chi connectivity index (χ4v) is 3.50. The topological polar surface area (TPSA) is 88.7 Å². The zero-order valence-corrected chi connectivity index (χ0v) is 15.9. The molecule has 0 bridgehead atoms. The number of amides is 3. The van der Waals surface area contributed by atoms with Crippen molar-refractivity contribution in [1.29, 1.82) is 0 Å². The number of nitrogens with one attached hydrogen (secondary N) is 3. The minimum atomic E-state index is -0.186. The molecule has 1 fully saturated rings. The largest absolute Gasteiger partial charge is 0.486 e. The van der Waals surface area contributed by atoms with Crippen LogP contribution in [0.3, 0.4) is 0 Å². The summed E-state index contributed by atoms with van der Waals surface area (Å²) < 4.78 is 11.1. The summed E-state index contributed by atoms with van der Waals surface area (Å²) >= 11 is 0. The molecule has 7 nitrogen and oxygen atoms in total. The van der Waals surface area contributed by atoms with Gasteiger partial charge < -0.3 is 25.4 Å². The van der Waals surface area contributed by atoms with Gasteiger partial charge in [0.15, 0.2) is 11.5 Å². The summed E-state index contributed by atoms with van der Waals surface area (Å²) in [7, 11) is 0. The number of carbonyl (C=O) groups is 2. The third-order valence-corrected chi connectivity index (χ3v) is 5.02. The average Bonchev–Trinajstić information content (AvgIpc) is 2.68. The number of hydrogen-bond acceptors (Lipinski definition) is 4. The molecule has 1 heterocycles. The highest BCUT2D eigenvalue weighted by atomic mass is 16.6. The Bertz CT molecular complexity index is 659. The van der Waals surface area contributed by atoms with E-state index in [1.165, 1.54) is 19.3 Å². The Morgan fingerprint density at radius 3 is 2.63 bits per heavy atom. The molecular formula is C20H29N3O4. The van der Waals surface area contributed by atoms with E-state index in [2.05, 4.69) is 16.0 Å². The lowest BCUT2D eigenvalue weighted by Gasteiger charge is -2.23. The van der Waals surface area contributed by atoms with Gasteiger partial charge in [-0.05, 0) is 37.5 Å². The molecule has 1 aromatic rings. The van der Waals surface area contributed by atoms with E-state index in [1.54, 1.807) is 0 Å². The van der Waals surface area contributed by atoms with E-state index < -0.39 is 0 Å². The summed E-state index contributed by atoms with van der Waals surface area (Å²) in [5.74, 6) is 1.34. The molecule has 0 saturated heterocycles. The van der Waals surface area contributed by atoms with Crippen molar-refractivity contribution in [2.24, 2.45) is 0 Å². The van der Waals surface area contributed by atoms with Gasteiger partial charge in [-0.15, -0.1) is 0 Å². The molecule has 1 atom stereocenters. The smallest absolute Gasteiger partial charge is 0.315 e. The van der Waals surface area contributed by atoms with Gasteiger partial charge in [0.25, 0.3) is 0 Å². The van der Waals surface area contributed by atoms with Crippen molar-refractivity contribution < 1.29 is 19.1 Å².